The number of nitrogens with zero attached hydrogens (tertiary/aromatic N) is 1. The number of ether oxygens (including phenoxy) is 3. The lowest BCUT2D eigenvalue weighted by atomic mass is 10.2. The van der Waals surface area contributed by atoms with E-state index in [0.29, 0.717) is 18.1 Å². The predicted octanol–water partition coefficient (Wildman–Crippen LogP) is 4.62. The lowest BCUT2D eigenvalue weighted by molar-refractivity contribution is 0.310. The van der Waals surface area contributed by atoms with Crippen LogP contribution in [0, 0.1) is 0 Å². The van der Waals surface area contributed by atoms with E-state index in [-0.39, 0.29) is 0 Å². The summed E-state index contributed by atoms with van der Waals surface area (Å²) in [4.78, 5) is 4.45. The van der Waals surface area contributed by atoms with E-state index in [2.05, 4.69) is 20.9 Å². The maximum Gasteiger partial charge on any atom is 0.174 e. The lowest BCUT2D eigenvalue weighted by Gasteiger charge is -2.11. The van der Waals surface area contributed by atoms with Gasteiger partial charge in [-0.15, -0.1) is 0 Å². The van der Waals surface area contributed by atoms with Crippen molar-refractivity contribution >= 4 is 27.8 Å². The first-order chi connectivity index (χ1) is 10.7. The Balaban J connectivity index is 2.26. The van der Waals surface area contributed by atoms with Crippen molar-refractivity contribution < 1.29 is 14.2 Å². The van der Waals surface area contributed by atoms with Crippen LogP contribution in [0.2, 0.25) is 0 Å². The number of benzene rings is 2. The van der Waals surface area contributed by atoms with Crippen molar-refractivity contribution in [3.8, 4) is 17.2 Å². The Kier molecular flexibility index (Phi) is 5.83. The van der Waals surface area contributed by atoms with Crippen LogP contribution in [0.4, 0.5) is 5.69 Å². The summed E-state index contributed by atoms with van der Waals surface area (Å²) in [6.07, 6.45) is 1.79. The summed E-state index contributed by atoms with van der Waals surface area (Å²) in [6.45, 7) is 2.51. The molecule has 5 heteroatoms. The van der Waals surface area contributed by atoms with Crippen LogP contribution in [0.15, 0.2) is 45.9 Å². The summed E-state index contributed by atoms with van der Waals surface area (Å²) < 4.78 is 16.9. The molecule has 0 unspecified atom stereocenters. The normalized spacial score (nSPS) is 10.7. The highest BCUT2D eigenvalue weighted by molar-refractivity contribution is 9.10. The van der Waals surface area contributed by atoms with E-state index >= 15 is 0 Å². The van der Waals surface area contributed by atoms with E-state index in [1.165, 1.54) is 0 Å². The van der Waals surface area contributed by atoms with Gasteiger partial charge in [0.25, 0.3) is 0 Å². The Morgan fingerprint density at radius 3 is 2.41 bits per heavy atom. The van der Waals surface area contributed by atoms with Gasteiger partial charge < -0.3 is 14.2 Å². The molecule has 0 fully saturated rings. The topological polar surface area (TPSA) is 40.0 Å². The van der Waals surface area contributed by atoms with E-state index in [1.54, 1.807) is 20.4 Å². The Morgan fingerprint density at radius 2 is 1.82 bits per heavy atom. The van der Waals surface area contributed by atoms with Gasteiger partial charge in [0.1, 0.15) is 5.75 Å². The molecule has 0 radical (unpaired) electrons. The molecule has 116 valence electrons. The van der Waals surface area contributed by atoms with Crippen LogP contribution < -0.4 is 14.2 Å². The molecule has 0 aliphatic heterocycles. The van der Waals surface area contributed by atoms with E-state index in [0.717, 1.165) is 21.5 Å². The standard InChI is InChI=1S/C17H18BrNO3/c1-4-22-16-10-12(9-15(18)17(16)21-3)11-19-13-5-7-14(20-2)8-6-13/h5-11H,4H2,1-3H3. The molecular weight excluding hydrogens is 346 g/mol. The number of hydrogen-bond donors (Lipinski definition) is 0. The van der Waals surface area contributed by atoms with Crippen LogP contribution in [0.5, 0.6) is 17.2 Å². The lowest BCUT2D eigenvalue weighted by Crippen LogP contribution is -1.97. The van der Waals surface area contributed by atoms with Crippen molar-refractivity contribution in [1.82, 2.24) is 0 Å². The highest BCUT2D eigenvalue weighted by atomic mass is 79.9. The number of aliphatic imine (C=N–C) groups is 1. The molecule has 0 atom stereocenters. The fraction of sp³-hybridized carbons (Fsp3) is 0.235. The molecule has 0 saturated carbocycles. The molecule has 0 amide bonds. The fourth-order valence-electron chi connectivity index (χ4n) is 1.94. The van der Waals surface area contributed by atoms with Gasteiger partial charge in [0.2, 0.25) is 0 Å². The first-order valence-corrected chi connectivity index (χ1v) is 7.65. The molecule has 22 heavy (non-hydrogen) atoms. The third-order valence-electron chi connectivity index (χ3n) is 2.97. The van der Waals surface area contributed by atoms with E-state index in [9.17, 15) is 0 Å². The second-order valence-corrected chi connectivity index (χ2v) is 5.28. The van der Waals surface area contributed by atoms with Gasteiger partial charge >= 0.3 is 0 Å². The molecular formula is C17H18BrNO3. The summed E-state index contributed by atoms with van der Waals surface area (Å²) in [5.74, 6) is 2.18. The maximum atomic E-state index is 5.60. The highest BCUT2D eigenvalue weighted by Gasteiger charge is 2.10. The van der Waals surface area contributed by atoms with Crippen LogP contribution in [0.25, 0.3) is 0 Å². The van der Waals surface area contributed by atoms with Gasteiger partial charge in [-0.1, -0.05) is 0 Å². The van der Waals surface area contributed by atoms with Crippen molar-refractivity contribution in [3.05, 3.63) is 46.4 Å². The van der Waals surface area contributed by atoms with E-state index in [4.69, 9.17) is 14.2 Å². The average molecular weight is 364 g/mol. The molecule has 2 aromatic carbocycles. The molecule has 0 bridgehead atoms. The van der Waals surface area contributed by atoms with Crippen LogP contribution in [-0.4, -0.2) is 27.0 Å². The van der Waals surface area contributed by atoms with Crippen molar-refractivity contribution in [2.75, 3.05) is 20.8 Å². The molecule has 0 saturated heterocycles. The number of rotatable bonds is 6. The molecule has 4 nitrogen and oxygen atoms in total. The first kappa shape index (κ1) is 16.4. The third kappa shape index (κ3) is 4.01. The van der Waals surface area contributed by atoms with Crippen molar-refractivity contribution in [2.45, 2.75) is 6.92 Å². The molecule has 0 spiro atoms. The van der Waals surface area contributed by atoms with Gasteiger partial charge in [0.05, 0.1) is 31.0 Å². The zero-order valence-electron chi connectivity index (χ0n) is 12.8. The second kappa shape index (κ2) is 7.84. The minimum Gasteiger partial charge on any atom is -0.497 e. The van der Waals surface area contributed by atoms with Gasteiger partial charge in [0.15, 0.2) is 11.5 Å². The van der Waals surface area contributed by atoms with Gasteiger partial charge in [-0.3, -0.25) is 4.99 Å². The number of hydrogen-bond acceptors (Lipinski definition) is 4. The molecule has 2 aromatic rings. The largest absolute Gasteiger partial charge is 0.497 e. The number of halogens is 1. The summed E-state index contributed by atoms with van der Waals surface area (Å²) in [5.41, 5.74) is 1.78. The third-order valence-corrected chi connectivity index (χ3v) is 3.56. The zero-order chi connectivity index (χ0) is 15.9. The Labute approximate surface area is 138 Å². The summed E-state index contributed by atoms with van der Waals surface area (Å²) >= 11 is 3.49. The summed E-state index contributed by atoms with van der Waals surface area (Å²) in [7, 11) is 3.26. The smallest absolute Gasteiger partial charge is 0.174 e. The molecule has 0 aromatic heterocycles. The SMILES string of the molecule is CCOc1cc(C=Nc2ccc(OC)cc2)cc(Br)c1OC. The Hall–Kier alpha value is -2.01. The quantitative estimate of drug-likeness (QED) is 0.703. The van der Waals surface area contributed by atoms with Gasteiger partial charge in [0, 0.05) is 6.21 Å². The van der Waals surface area contributed by atoms with Crippen LogP contribution in [0.1, 0.15) is 12.5 Å². The molecule has 0 N–H and O–H groups in total. The van der Waals surface area contributed by atoms with Crippen molar-refractivity contribution in [2.24, 2.45) is 4.99 Å². The maximum absolute atomic E-state index is 5.60. The first-order valence-electron chi connectivity index (χ1n) is 6.86. The van der Waals surface area contributed by atoms with Gasteiger partial charge in [-0.05, 0) is 64.8 Å². The fourth-order valence-corrected chi connectivity index (χ4v) is 2.56. The zero-order valence-corrected chi connectivity index (χ0v) is 14.4. The van der Waals surface area contributed by atoms with E-state index < -0.39 is 0 Å². The van der Waals surface area contributed by atoms with Crippen LogP contribution >= 0.6 is 15.9 Å². The summed E-state index contributed by atoms with van der Waals surface area (Å²) in [5, 5.41) is 0. The monoisotopic (exact) mass is 363 g/mol. The van der Waals surface area contributed by atoms with Gasteiger partial charge in [-0.2, -0.15) is 0 Å². The summed E-state index contributed by atoms with van der Waals surface area (Å²) in [6, 6.07) is 11.4. The van der Waals surface area contributed by atoms with Gasteiger partial charge in [-0.25, -0.2) is 0 Å². The van der Waals surface area contributed by atoms with Crippen molar-refractivity contribution in [3.63, 3.8) is 0 Å². The molecule has 0 heterocycles. The minimum atomic E-state index is 0.571. The van der Waals surface area contributed by atoms with Crippen LogP contribution in [-0.2, 0) is 0 Å². The highest BCUT2D eigenvalue weighted by Crippen LogP contribution is 2.36. The second-order valence-electron chi connectivity index (χ2n) is 4.42. The average Bonchev–Trinajstić information content (AvgIpc) is 2.53. The molecule has 0 aliphatic rings. The minimum absolute atomic E-state index is 0.571. The Morgan fingerprint density at radius 1 is 1.09 bits per heavy atom. The Bertz CT molecular complexity index is 654. The molecule has 0 aliphatic carbocycles. The van der Waals surface area contributed by atoms with Crippen LogP contribution in [0.3, 0.4) is 0 Å². The molecule has 2 rings (SSSR count). The number of methoxy groups -OCH3 is 2. The van der Waals surface area contributed by atoms with Crippen molar-refractivity contribution in [1.29, 1.82) is 0 Å². The predicted molar refractivity (Wildman–Crippen MR) is 92.1 cm³/mol. The van der Waals surface area contributed by atoms with E-state index in [1.807, 2.05) is 43.3 Å².